The Kier molecular flexibility index (Phi) is 3.72. The van der Waals surface area contributed by atoms with Gasteiger partial charge < -0.3 is 9.64 Å². The number of benzene rings is 2. The molecule has 3 rings (SSSR count). The molecule has 1 fully saturated rings. The van der Waals surface area contributed by atoms with Crippen LogP contribution in [0, 0.1) is 6.07 Å². The molecular formula is C16H15ClNO. The molecule has 0 atom stereocenters. The molecule has 0 spiro atoms. The molecule has 1 heterocycles. The summed E-state index contributed by atoms with van der Waals surface area (Å²) in [6, 6.07) is 17.3. The molecule has 97 valence electrons. The maximum Gasteiger partial charge on any atom is 0.0642 e. The molecule has 0 bridgehead atoms. The van der Waals surface area contributed by atoms with Crippen molar-refractivity contribution in [2.24, 2.45) is 0 Å². The van der Waals surface area contributed by atoms with Crippen LogP contribution in [0.4, 0.5) is 5.69 Å². The third kappa shape index (κ3) is 2.60. The molecule has 2 aromatic carbocycles. The normalized spacial score (nSPS) is 15.5. The van der Waals surface area contributed by atoms with E-state index in [1.165, 1.54) is 5.69 Å². The fourth-order valence-electron chi connectivity index (χ4n) is 2.41. The maximum absolute atomic E-state index is 6.27. The van der Waals surface area contributed by atoms with Crippen LogP contribution >= 0.6 is 11.6 Å². The van der Waals surface area contributed by atoms with Crippen molar-refractivity contribution in [1.82, 2.24) is 0 Å². The van der Waals surface area contributed by atoms with Gasteiger partial charge >= 0.3 is 0 Å². The molecule has 0 N–H and O–H groups in total. The van der Waals surface area contributed by atoms with Crippen molar-refractivity contribution in [2.75, 3.05) is 31.2 Å². The molecule has 0 amide bonds. The molecule has 1 saturated heterocycles. The number of morpholine rings is 1. The number of ether oxygens (including phenoxy) is 1. The van der Waals surface area contributed by atoms with Crippen LogP contribution in [0.15, 0.2) is 42.5 Å². The number of hydrogen-bond donors (Lipinski definition) is 0. The van der Waals surface area contributed by atoms with Gasteiger partial charge in [0.15, 0.2) is 0 Å². The highest BCUT2D eigenvalue weighted by atomic mass is 35.5. The van der Waals surface area contributed by atoms with Crippen LogP contribution < -0.4 is 4.90 Å². The molecule has 0 aliphatic carbocycles. The Morgan fingerprint density at radius 1 is 1.00 bits per heavy atom. The molecule has 1 radical (unpaired) electrons. The molecule has 0 saturated carbocycles. The fourth-order valence-corrected chi connectivity index (χ4v) is 2.63. The first-order chi connectivity index (χ1) is 9.36. The van der Waals surface area contributed by atoms with Gasteiger partial charge in [0.25, 0.3) is 0 Å². The summed E-state index contributed by atoms with van der Waals surface area (Å²) in [6.45, 7) is 3.41. The zero-order valence-electron chi connectivity index (χ0n) is 10.6. The molecule has 0 aromatic heterocycles. The first kappa shape index (κ1) is 12.5. The summed E-state index contributed by atoms with van der Waals surface area (Å²) in [6.07, 6.45) is 0. The molecule has 2 aromatic rings. The number of halogens is 1. The van der Waals surface area contributed by atoms with Crippen LogP contribution in [0.25, 0.3) is 11.1 Å². The first-order valence-corrected chi connectivity index (χ1v) is 6.82. The van der Waals surface area contributed by atoms with Crippen LogP contribution in [0.5, 0.6) is 0 Å². The largest absolute Gasteiger partial charge is 0.378 e. The standard InChI is InChI=1S/C16H15ClNO/c17-15-7-3-1-5-13(15)14-6-2-4-8-16(14)18-9-11-19-12-10-18/h1-6,8H,9-12H2. The van der Waals surface area contributed by atoms with E-state index in [9.17, 15) is 0 Å². The molecular weight excluding hydrogens is 258 g/mol. The van der Waals surface area contributed by atoms with Gasteiger partial charge in [-0.1, -0.05) is 48.0 Å². The quantitative estimate of drug-likeness (QED) is 0.828. The van der Waals surface area contributed by atoms with Crippen molar-refractivity contribution in [3.63, 3.8) is 0 Å². The minimum atomic E-state index is 0.670. The summed E-state index contributed by atoms with van der Waals surface area (Å²) in [5, 5.41) is 0.670. The summed E-state index contributed by atoms with van der Waals surface area (Å²) in [7, 11) is 0. The topological polar surface area (TPSA) is 12.5 Å². The first-order valence-electron chi connectivity index (χ1n) is 6.44. The van der Waals surface area contributed by atoms with Crippen molar-refractivity contribution in [2.45, 2.75) is 0 Å². The lowest BCUT2D eigenvalue weighted by Crippen LogP contribution is -2.36. The molecule has 19 heavy (non-hydrogen) atoms. The second-order valence-corrected chi connectivity index (χ2v) is 4.89. The van der Waals surface area contributed by atoms with Gasteiger partial charge in [-0.25, -0.2) is 0 Å². The van der Waals surface area contributed by atoms with E-state index in [0.29, 0.717) is 5.02 Å². The van der Waals surface area contributed by atoms with Gasteiger partial charge in [0.1, 0.15) is 0 Å². The van der Waals surface area contributed by atoms with Crippen LogP contribution in [-0.4, -0.2) is 26.3 Å². The number of rotatable bonds is 2. The monoisotopic (exact) mass is 272 g/mol. The molecule has 2 nitrogen and oxygen atoms in total. The van der Waals surface area contributed by atoms with Crippen LogP contribution in [0.3, 0.4) is 0 Å². The highest BCUT2D eigenvalue weighted by molar-refractivity contribution is 6.33. The zero-order valence-corrected chi connectivity index (χ0v) is 11.4. The lowest BCUT2D eigenvalue weighted by molar-refractivity contribution is 0.123. The van der Waals surface area contributed by atoms with Gasteiger partial charge in [0.2, 0.25) is 0 Å². The predicted octanol–water partition coefficient (Wildman–Crippen LogP) is 3.64. The molecule has 3 heteroatoms. The van der Waals surface area contributed by atoms with E-state index < -0.39 is 0 Å². The number of hydrogen-bond acceptors (Lipinski definition) is 2. The van der Waals surface area contributed by atoms with Gasteiger partial charge in [-0.15, -0.1) is 0 Å². The average molecular weight is 273 g/mol. The smallest absolute Gasteiger partial charge is 0.0642 e. The third-order valence-corrected chi connectivity index (χ3v) is 3.66. The summed E-state index contributed by atoms with van der Waals surface area (Å²) in [5.41, 5.74) is 3.41. The second kappa shape index (κ2) is 5.64. The van der Waals surface area contributed by atoms with E-state index in [0.717, 1.165) is 37.4 Å². The fraction of sp³-hybridized carbons (Fsp3) is 0.250. The molecule has 1 aliphatic rings. The molecule has 0 unspecified atom stereocenters. The highest BCUT2D eigenvalue weighted by Gasteiger charge is 2.16. The van der Waals surface area contributed by atoms with Gasteiger partial charge in [0, 0.05) is 36.0 Å². The Balaban J connectivity index is 2.04. The van der Waals surface area contributed by atoms with E-state index in [1.807, 2.05) is 24.3 Å². The van der Waals surface area contributed by atoms with Crippen LogP contribution in [0.2, 0.25) is 5.02 Å². The van der Waals surface area contributed by atoms with Crippen LogP contribution in [-0.2, 0) is 4.74 Å². The van der Waals surface area contributed by atoms with Gasteiger partial charge in [-0.2, -0.15) is 0 Å². The van der Waals surface area contributed by atoms with Gasteiger partial charge in [-0.05, 0) is 6.07 Å². The van der Waals surface area contributed by atoms with Gasteiger partial charge in [0.05, 0.1) is 18.2 Å². The highest BCUT2D eigenvalue weighted by Crippen LogP contribution is 2.35. The predicted molar refractivity (Wildman–Crippen MR) is 78.8 cm³/mol. The van der Waals surface area contributed by atoms with Crippen LogP contribution in [0.1, 0.15) is 0 Å². The van der Waals surface area contributed by atoms with E-state index in [-0.39, 0.29) is 0 Å². The summed E-state index contributed by atoms with van der Waals surface area (Å²) >= 11 is 6.27. The minimum absolute atomic E-state index is 0.670. The number of para-hydroxylation sites is 1. The molecule has 1 aliphatic heterocycles. The Bertz CT molecular complexity index is 564. The van der Waals surface area contributed by atoms with Crippen molar-refractivity contribution < 1.29 is 4.74 Å². The number of anilines is 1. The Morgan fingerprint density at radius 2 is 1.74 bits per heavy atom. The summed E-state index contributed by atoms with van der Waals surface area (Å²) in [4.78, 5) is 2.35. The summed E-state index contributed by atoms with van der Waals surface area (Å²) < 4.78 is 5.42. The van der Waals surface area contributed by atoms with Gasteiger partial charge in [-0.3, -0.25) is 0 Å². The number of nitrogens with zero attached hydrogens (tertiary/aromatic N) is 1. The maximum atomic E-state index is 6.27. The Morgan fingerprint density at radius 3 is 2.53 bits per heavy atom. The van der Waals surface area contributed by atoms with E-state index >= 15 is 0 Å². The SMILES string of the molecule is Clc1[c]cccc1-c1ccccc1N1CCOCC1. The average Bonchev–Trinajstić information content (AvgIpc) is 2.49. The zero-order chi connectivity index (χ0) is 13.1. The lowest BCUT2D eigenvalue weighted by atomic mass is 10.0. The Hall–Kier alpha value is -1.51. The Labute approximate surface area is 118 Å². The third-order valence-electron chi connectivity index (χ3n) is 3.35. The lowest BCUT2D eigenvalue weighted by Gasteiger charge is -2.30. The summed E-state index contributed by atoms with van der Waals surface area (Å²) in [5.74, 6) is 0. The van der Waals surface area contributed by atoms with E-state index in [2.05, 4.69) is 29.2 Å². The van der Waals surface area contributed by atoms with Crippen molar-refractivity contribution >= 4 is 17.3 Å². The van der Waals surface area contributed by atoms with Crippen molar-refractivity contribution in [3.05, 3.63) is 53.6 Å². The van der Waals surface area contributed by atoms with Crippen molar-refractivity contribution in [3.8, 4) is 11.1 Å². The minimum Gasteiger partial charge on any atom is -0.378 e. The van der Waals surface area contributed by atoms with E-state index in [4.69, 9.17) is 16.3 Å². The van der Waals surface area contributed by atoms with Crippen molar-refractivity contribution in [1.29, 1.82) is 0 Å². The van der Waals surface area contributed by atoms with E-state index in [1.54, 1.807) is 0 Å². The second-order valence-electron chi connectivity index (χ2n) is 4.51.